The van der Waals surface area contributed by atoms with Gasteiger partial charge in [-0.2, -0.15) is 23.4 Å². The van der Waals surface area contributed by atoms with Crippen molar-refractivity contribution in [1.82, 2.24) is 28.9 Å². The summed E-state index contributed by atoms with van der Waals surface area (Å²) >= 11 is 1.48. The number of benzene rings is 1. The number of hydrogen-bond donors (Lipinski definition) is 0. The lowest BCUT2D eigenvalue weighted by atomic mass is 9.65. The summed E-state index contributed by atoms with van der Waals surface area (Å²) in [5, 5.41) is 9.74. The first-order valence-electron chi connectivity index (χ1n) is 12.7. The average molecular weight is 569 g/mol. The van der Waals surface area contributed by atoms with Crippen molar-refractivity contribution in [3.8, 4) is 5.69 Å². The van der Waals surface area contributed by atoms with Crippen LogP contribution in [0, 0.1) is 11.2 Å². The number of fused-ring (bicyclic) bond motifs is 2. The van der Waals surface area contributed by atoms with Crippen molar-refractivity contribution in [2.45, 2.75) is 37.5 Å². The number of Topliss-reactive ketones (excluding diaryl/α,β-unsaturated/α-hetero) is 1. The summed E-state index contributed by atoms with van der Waals surface area (Å²) < 4.78 is 59.8. The Morgan fingerprint density at radius 2 is 1.90 bits per heavy atom. The van der Waals surface area contributed by atoms with Gasteiger partial charge in [0, 0.05) is 25.8 Å². The Labute approximate surface area is 231 Å². The predicted molar refractivity (Wildman–Crippen MR) is 141 cm³/mol. The maximum atomic E-state index is 14.2. The van der Waals surface area contributed by atoms with Gasteiger partial charge in [-0.05, 0) is 85.8 Å². The zero-order chi connectivity index (χ0) is 28.1. The molecule has 1 atom stereocenters. The number of rotatable bonds is 6. The molecule has 0 spiro atoms. The van der Waals surface area contributed by atoms with Crippen molar-refractivity contribution in [1.29, 1.82) is 0 Å². The molecule has 40 heavy (non-hydrogen) atoms. The van der Waals surface area contributed by atoms with Crippen LogP contribution in [0.5, 0.6) is 0 Å². The van der Waals surface area contributed by atoms with Crippen LogP contribution in [0.15, 0.2) is 71.7 Å². The van der Waals surface area contributed by atoms with Crippen LogP contribution in [-0.2, 0) is 19.1 Å². The van der Waals surface area contributed by atoms with Crippen LogP contribution < -0.4 is 0 Å². The van der Waals surface area contributed by atoms with E-state index in [4.69, 9.17) is 0 Å². The summed E-state index contributed by atoms with van der Waals surface area (Å²) in [6, 6.07) is 9.55. The molecule has 4 heterocycles. The van der Waals surface area contributed by atoms with E-state index in [1.807, 2.05) is 23.7 Å². The van der Waals surface area contributed by atoms with E-state index < -0.39 is 22.9 Å². The maximum Gasteiger partial charge on any atom is 0.416 e. The third kappa shape index (κ3) is 4.64. The number of carbonyl (C=O) groups is 1. The molecule has 1 aliphatic carbocycles. The molecule has 7 nitrogen and oxygen atoms in total. The number of aryl methyl sites for hydroxylation is 1. The van der Waals surface area contributed by atoms with E-state index in [9.17, 15) is 22.4 Å². The Bertz CT molecular complexity index is 1610. The lowest BCUT2D eigenvalue weighted by Gasteiger charge is -2.44. The SMILES string of the molecule is CCn1nccc1SN1CCC2=Cc3c(cnn3-c3ccc(F)cc3)CC2(C(=O)c2cc(C(F)(F)F)ccn2)C1. The number of hydrogen-bond acceptors (Lipinski definition) is 6. The first-order chi connectivity index (χ1) is 19.2. The van der Waals surface area contributed by atoms with E-state index in [0.717, 1.165) is 40.2 Å². The standard InChI is InChI=1S/C28H24F4N6OS/c1-2-37-25(8-11-34-37)40-36-12-9-19-14-24-18(16-35-38(24)22-5-3-21(29)4-6-22)15-27(19,17-36)26(39)23-13-20(7-10-33-23)28(30,31)32/h3-8,10-11,13-14,16H,2,9,12,15,17H2,1H3. The van der Waals surface area contributed by atoms with Crippen LogP contribution in [0.1, 0.15) is 40.7 Å². The quantitative estimate of drug-likeness (QED) is 0.165. The molecule has 6 rings (SSSR count). The van der Waals surface area contributed by atoms with Crippen LogP contribution in [0.4, 0.5) is 17.6 Å². The van der Waals surface area contributed by atoms with E-state index in [0.29, 0.717) is 25.2 Å². The molecule has 1 saturated heterocycles. The van der Waals surface area contributed by atoms with Gasteiger partial charge in [-0.25, -0.2) is 13.4 Å². The van der Waals surface area contributed by atoms with E-state index in [1.54, 1.807) is 29.2 Å². The zero-order valence-corrected chi connectivity index (χ0v) is 22.2. The molecule has 12 heteroatoms. The molecule has 0 bridgehead atoms. The van der Waals surface area contributed by atoms with Crippen molar-refractivity contribution in [3.63, 3.8) is 0 Å². The largest absolute Gasteiger partial charge is 0.416 e. The maximum absolute atomic E-state index is 14.2. The number of pyridine rings is 1. The van der Waals surface area contributed by atoms with Crippen molar-refractivity contribution < 1.29 is 22.4 Å². The number of ketones is 1. The van der Waals surface area contributed by atoms with Crippen molar-refractivity contribution >= 4 is 23.8 Å². The highest BCUT2D eigenvalue weighted by atomic mass is 32.2. The first kappa shape index (κ1) is 26.5. The Kier molecular flexibility index (Phi) is 6.62. The highest BCUT2D eigenvalue weighted by molar-refractivity contribution is 7.97. The van der Waals surface area contributed by atoms with Crippen molar-refractivity contribution in [2.24, 2.45) is 5.41 Å². The molecular weight excluding hydrogens is 544 g/mol. The van der Waals surface area contributed by atoms with Gasteiger partial charge in [0.25, 0.3) is 0 Å². The van der Waals surface area contributed by atoms with Gasteiger partial charge in [0.15, 0.2) is 5.78 Å². The van der Waals surface area contributed by atoms with Gasteiger partial charge in [-0.3, -0.25) is 14.5 Å². The topological polar surface area (TPSA) is 68.8 Å². The minimum atomic E-state index is -4.60. The summed E-state index contributed by atoms with van der Waals surface area (Å²) in [6.45, 7) is 3.56. The molecule has 1 aliphatic heterocycles. The molecule has 0 N–H and O–H groups in total. The van der Waals surface area contributed by atoms with Crippen LogP contribution in [0.3, 0.4) is 0 Å². The number of nitrogens with zero attached hydrogens (tertiary/aromatic N) is 6. The smallest absolute Gasteiger partial charge is 0.291 e. The second-order valence-electron chi connectivity index (χ2n) is 9.82. The van der Waals surface area contributed by atoms with Gasteiger partial charge in [-0.15, -0.1) is 0 Å². The van der Waals surface area contributed by atoms with Crippen LogP contribution in [0.2, 0.25) is 0 Å². The lowest BCUT2D eigenvalue weighted by molar-refractivity contribution is -0.137. The fourth-order valence-corrected chi connectivity index (χ4v) is 6.55. The van der Waals surface area contributed by atoms with Crippen molar-refractivity contribution in [2.75, 3.05) is 13.1 Å². The van der Waals surface area contributed by atoms with Crippen LogP contribution >= 0.6 is 11.9 Å². The van der Waals surface area contributed by atoms with E-state index in [-0.39, 0.29) is 24.5 Å². The average Bonchev–Trinajstić information content (AvgIpc) is 3.57. The Morgan fingerprint density at radius 3 is 2.65 bits per heavy atom. The third-order valence-electron chi connectivity index (χ3n) is 7.41. The highest BCUT2D eigenvalue weighted by Gasteiger charge is 2.50. The number of aromatic nitrogens is 5. The third-order valence-corrected chi connectivity index (χ3v) is 8.51. The minimum absolute atomic E-state index is 0.222. The highest BCUT2D eigenvalue weighted by Crippen LogP contribution is 2.48. The van der Waals surface area contributed by atoms with Gasteiger partial charge in [-0.1, -0.05) is 5.57 Å². The molecule has 1 unspecified atom stereocenters. The van der Waals surface area contributed by atoms with E-state index in [1.165, 1.54) is 24.1 Å². The fraction of sp³-hybridized carbons (Fsp3) is 0.286. The minimum Gasteiger partial charge on any atom is -0.291 e. The molecule has 2 aliphatic rings. The van der Waals surface area contributed by atoms with Crippen LogP contribution in [-0.4, -0.2) is 47.7 Å². The Hall–Kier alpha value is -3.77. The second-order valence-corrected chi connectivity index (χ2v) is 10.9. The van der Waals surface area contributed by atoms with Crippen molar-refractivity contribution in [3.05, 3.63) is 95.0 Å². The number of halogens is 4. The van der Waals surface area contributed by atoms with Crippen LogP contribution in [0.25, 0.3) is 11.8 Å². The summed E-state index contributed by atoms with van der Waals surface area (Å²) in [4.78, 5) is 18.3. The summed E-state index contributed by atoms with van der Waals surface area (Å²) in [5.74, 6) is -0.824. The molecule has 4 aromatic rings. The first-order valence-corrected chi connectivity index (χ1v) is 13.5. The van der Waals surface area contributed by atoms with Gasteiger partial charge in [0.05, 0.1) is 34.8 Å². The zero-order valence-electron chi connectivity index (χ0n) is 21.4. The Morgan fingerprint density at radius 1 is 1.10 bits per heavy atom. The number of alkyl halides is 3. The molecule has 1 aromatic carbocycles. The Balaban J connectivity index is 1.42. The summed E-state index contributed by atoms with van der Waals surface area (Å²) in [5.41, 5.74) is 0.755. The van der Waals surface area contributed by atoms with E-state index >= 15 is 0 Å². The molecular formula is C28H24F4N6OS. The molecule has 0 saturated carbocycles. The molecule has 0 radical (unpaired) electrons. The van der Waals surface area contributed by atoms with Gasteiger partial charge >= 0.3 is 6.18 Å². The predicted octanol–water partition coefficient (Wildman–Crippen LogP) is 5.86. The second kappa shape index (κ2) is 10.0. The van der Waals surface area contributed by atoms with Gasteiger partial charge in [0.2, 0.25) is 0 Å². The molecule has 3 aromatic heterocycles. The number of piperidine rings is 1. The molecule has 206 valence electrons. The fourth-order valence-electron chi connectivity index (χ4n) is 5.43. The molecule has 1 fully saturated rings. The van der Waals surface area contributed by atoms with E-state index in [2.05, 4.69) is 19.5 Å². The molecule has 0 amide bonds. The lowest BCUT2D eigenvalue weighted by Crippen LogP contribution is -2.50. The summed E-state index contributed by atoms with van der Waals surface area (Å²) in [6.07, 6.45) is 2.49. The van der Waals surface area contributed by atoms with Gasteiger partial charge in [0.1, 0.15) is 16.5 Å². The monoisotopic (exact) mass is 568 g/mol. The van der Waals surface area contributed by atoms with Gasteiger partial charge < -0.3 is 0 Å². The number of carbonyl (C=O) groups excluding carboxylic acids is 1. The summed E-state index contributed by atoms with van der Waals surface area (Å²) in [7, 11) is 0. The normalized spacial score (nSPS) is 19.2.